The molecule has 1 aromatic carbocycles. The third kappa shape index (κ3) is 18.5. The van der Waals surface area contributed by atoms with Gasteiger partial charge in [-0.3, -0.25) is 38.4 Å². The van der Waals surface area contributed by atoms with Gasteiger partial charge >= 0.3 is 18.0 Å². The Kier molecular flexibility index (Phi) is 25.0. The number of fused-ring (bicyclic) bond motifs is 1. The summed E-state index contributed by atoms with van der Waals surface area (Å²) in [4.78, 5) is 149. The molecular formula is C59H94N8O15. The van der Waals surface area contributed by atoms with Crippen molar-refractivity contribution >= 4 is 59.4 Å². The molecule has 0 bridgehead atoms. The molecule has 1 aromatic rings. The fourth-order valence-corrected chi connectivity index (χ4v) is 10.6. The minimum atomic E-state index is -1.75. The standard InChI is InChI=1S/C59H94N8O15/c1-17-35(8)47-45(68)31-46(69)81-49(34(6)7)52(72)61-40(28-32(2)3)54(74)67-27-19-21-42(67)56(76)65(15)44(30-38-22-24-39(79-16)25-23-38)57(77)80-37(10)48(51(71)62-47)63-50(70)43(29-33(4)5)64(14)55(75)41-20-18-26-66(41)53(73)36(9)60-58(78)82-59(11,12)13/h22-25,32-37,40-45,47-49,68H,17-21,26-31H2,1-16H3,(H,60,78)(H,61,72)(H,62,71)(H,63,70)/t35-,36-,37+,40-,41-,42-,43+,44-,45-,47+,48-,49-/m0/s1. The predicted molar refractivity (Wildman–Crippen MR) is 303 cm³/mol. The van der Waals surface area contributed by atoms with Gasteiger partial charge in [-0.25, -0.2) is 9.59 Å². The van der Waals surface area contributed by atoms with E-state index in [2.05, 4.69) is 21.3 Å². The van der Waals surface area contributed by atoms with Crippen LogP contribution >= 0.6 is 0 Å². The number of carbonyl (C=O) groups excluding carboxylic acids is 10. The Morgan fingerprint density at radius 1 is 0.866 bits per heavy atom. The Balaban J connectivity index is 1.83. The maximum Gasteiger partial charge on any atom is 0.408 e. The minimum absolute atomic E-state index is 0.0648. The van der Waals surface area contributed by atoms with Gasteiger partial charge in [0.15, 0.2) is 6.10 Å². The average Bonchev–Trinajstić information content (AvgIpc) is 4.26. The number of amides is 8. The van der Waals surface area contributed by atoms with Crippen LogP contribution in [0, 0.1) is 23.7 Å². The highest BCUT2D eigenvalue weighted by atomic mass is 16.6. The second-order valence-corrected chi connectivity index (χ2v) is 24.5. The first-order chi connectivity index (χ1) is 38.3. The highest BCUT2D eigenvalue weighted by Crippen LogP contribution is 2.27. The number of carbonyl (C=O) groups is 10. The molecule has 0 aromatic heterocycles. The number of alkyl carbamates (subject to hydrolysis) is 1. The Morgan fingerprint density at radius 3 is 2.07 bits per heavy atom. The van der Waals surface area contributed by atoms with E-state index in [9.17, 15) is 43.5 Å². The van der Waals surface area contributed by atoms with Gasteiger partial charge in [-0.1, -0.05) is 73.9 Å². The molecule has 8 amide bonds. The first-order valence-corrected chi connectivity index (χ1v) is 29.1. The van der Waals surface area contributed by atoms with Crippen LogP contribution in [0.2, 0.25) is 0 Å². The monoisotopic (exact) mass is 1150 g/mol. The molecular weight excluding hydrogens is 1060 g/mol. The van der Waals surface area contributed by atoms with Gasteiger partial charge in [0.25, 0.3) is 5.91 Å². The van der Waals surface area contributed by atoms with Crippen molar-refractivity contribution in [2.45, 2.75) is 220 Å². The Hall–Kier alpha value is -6.52. The molecule has 0 aliphatic carbocycles. The van der Waals surface area contributed by atoms with E-state index in [4.69, 9.17) is 18.9 Å². The lowest BCUT2D eigenvalue weighted by Crippen LogP contribution is -2.62. The molecule has 0 unspecified atom stereocenters. The second-order valence-electron chi connectivity index (χ2n) is 24.5. The van der Waals surface area contributed by atoms with Crippen LogP contribution < -0.4 is 26.0 Å². The van der Waals surface area contributed by atoms with E-state index in [-0.39, 0.29) is 57.0 Å². The summed E-state index contributed by atoms with van der Waals surface area (Å²) in [6.07, 6.45) is -4.23. The van der Waals surface area contributed by atoms with E-state index in [0.29, 0.717) is 30.6 Å². The summed E-state index contributed by atoms with van der Waals surface area (Å²) in [6, 6.07) is -3.12. The summed E-state index contributed by atoms with van der Waals surface area (Å²) in [5.41, 5.74) is -0.247. The number of hydrogen-bond donors (Lipinski definition) is 5. The van der Waals surface area contributed by atoms with Gasteiger partial charge in [-0.2, -0.15) is 0 Å². The van der Waals surface area contributed by atoms with Crippen LogP contribution in [0.25, 0.3) is 0 Å². The second kappa shape index (κ2) is 30.2. The SMILES string of the molecule is CC[C@H](C)[C@H]1NC(=O)[C@@H](NC(=O)[C@@H](CC(C)C)N(C)C(=O)[C@@H]2CCCN2C(=O)[C@H](C)NC(=O)OC(C)(C)C)[C@@H](C)OC(=O)[C@H](Cc2ccc(OC)cc2)N(C)C(=O)[C@@H]2CCCN2C(=O)[C@H](CC(C)C)NC(=O)[C@H](C(C)C)OC(=O)C[C@@H]1O. The van der Waals surface area contributed by atoms with Gasteiger partial charge < -0.3 is 64.9 Å². The number of methoxy groups -OCH3 is 1. The molecule has 3 saturated heterocycles. The van der Waals surface area contributed by atoms with Crippen LogP contribution in [0.15, 0.2) is 24.3 Å². The van der Waals surface area contributed by atoms with E-state index in [1.807, 2.05) is 27.7 Å². The first-order valence-electron chi connectivity index (χ1n) is 29.1. The van der Waals surface area contributed by atoms with Crippen LogP contribution in [0.3, 0.4) is 0 Å². The van der Waals surface area contributed by atoms with Crippen molar-refractivity contribution in [1.29, 1.82) is 0 Å². The van der Waals surface area contributed by atoms with Crippen molar-refractivity contribution in [3.63, 3.8) is 0 Å². The number of nitrogens with one attached hydrogen (secondary N) is 4. The van der Waals surface area contributed by atoms with Crippen molar-refractivity contribution in [1.82, 2.24) is 40.9 Å². The quantitative estimate of drug-likeness (QED) is 0.117. The number of likely N-dealkylation sites (tertiary alicyclic amines) is 1. The number of hydrogen-bond acceptors (Lipinski definition) is 15. The van der Waals surface area contributed by atoms with Gasteiger partial charge in [-0.15, -0.1) is 0 Å². The number of likely N-dealkylation sites (N-methyl/N-ethyl adjacent to an activating group) is 2. The number of cyclic esters (lactones) is 2. The summed E-state index contributed by atoms with van der Waals surface area (Å²) < 4.78 is 22.7. The number of nitrogens with zero attached hydrogens (tertiary/aromatic N) is 4. The van der Waals surface area contributed by atoms with Crippen molar-refractivity contribution in [3.8, 4) is 5.75 Å². The molecule has 82 heavy (non-hydrogen) atoms. The van der Waals surface area contributed by atoms with E-state index in [1.165, 1.54) is 54.7 Å². The topological polar surface area (TPSA) is 289 Å². The molecule has 23 nitrogen and oxygen atoms in total. The molecule has 460 valence electrons. The fourth-order valence-electron chi connectivity index (χ4n) is 10.6. The number of ether oxygens (including phenoxy) is 4. The summed E-state index contributed by atoms with van der Waals surface area (Å²) in [6.45, 7) is 22.5. The van der Waals surface area contributed by atoms with E-state index in [1.54, 1.807) is 72.7 Å². The van der Waals surface area contributed by atoms with Crippen molar-refractivity contribution in [3.05, 3.63) is 29.8 Å². The summed E-state index contributed by atoms with van der Waals surface area (Å²) in [5.74, 6) is -7.70. The zero-order chi connectivity index (χ0) is 61.7. The van der Waals surface area contributed by atoms with Crippen LogP contribution in [0.5, 0.6) is 5.75 Å². The van der Waals surface area contributed by atoms with Gasteiger partial charge in [0.2, 0.25) is 35.4 Å². The van der Waals surface area contributed by atoms with Crippen molar-refractivity contribution < 1.29 is 72.0 Å². The van der Waals surface area contributed by atoms with Gasteiger partial charge in [0.1, 0.15) is 59.7 Å². The third-order valence-corrected chi connectivity index (χ3v) is 15.4. The number of rotatable bonds is 16. The lowest BCUT2D eigenvalue weighted by Gasteiger charge is -2.36. The van der Waals surface area contributed by atoms with E-state index < -0.39 is 150 Å². The molecule has 0 saturated carbocycles. The van der Waals surface area contributed by atoms with Gasteiger partial charge in [0.05, 0.1) is 25.7 Å². The van der Waals surface area contributed by atoms with Crippen LogP contribution in [0.4, 0.5) is 4.79 Å². The summed E-state index contributed by atoms with van der Waals surface area (Å²) >= 11 is 0. The molecule has 3 aliphatic heterocycles. The molecule has 0 radical (unpaired) electrons. The van der Waals surface area contributed by atoms with E-state index in [0.717, 1.165) is 0 Å². The number of aliphatic hydroxyl groups is 1. The highest BCUT2D eigenvalue weighted by molar-refractivity contribution is 5.97. The molecule has 3 aliphatic rings. The van der Waals surface area contributed by atoms with Crippen LogP contribution in [0.1, 0.15) is 147 Å². The lowest BCUT2D eigenvalue weighted by atomic mass is 9.92. The number of esters is 2. The summed E-state index contributed by atoms with van der Waals surface area (Å²) in [7, 11) is 4.33. The number of aliphatic hydroxyl groups excluding tert-OH is 1. The van der Waals surface area contributed by atoms with Gasteiger partial charge in [-0.05, 0) is 115 Å². The summed E-state index contributed by atoms with van der Waals surface area (Å²) in [5, 5.41) is 22.8. The predicted octanol–water partition coefficient (Wildman–Crippen LogP) is 3.64. The van der Waals surface area contributed by atoms with Crippen LogP contribution in [-0.2, 0) is 63.8 Å². The Morgan fingerprint density at radius 2 is 1.50 bits per heavy atom. The number of benzene rings is 1. The first kappa shape index (κ1) is 68.0. The molecule has 12 atom stereocenters. The lowest BCUT2D eigenvalue weighted by molar-refractivity contribution is -0.162. The largest absolute Gasteiger partial charge is 0.497 e. The molecule has 3 fully saturated rings. The maximum absolute atomic E-state index is 15.1. The fraction of sp³-hybridized carbons (Fsp3) is 0.729. The normalized spacial score (nSPS) is 26.0. The van der Waals surface area contributed by atoms with Crippen molar-refractivity contribution in [2.24, 2.45) is 23.7 Å². The minimum Gasteiger partial charge on any atom is -0.497 e. The smallest absolute Gasteiger partial charge is 0.408 e. The zero-order valence-corrected chi connectivity index (χ0v) is 51.2. The zero-order valence-electron chi connectivity index (χ0n) is 51.2. The molecule has 0 spiro atoms. The van der Waals surface area contributed by atoms with E-state index >= 15 is 9.59 Å². The molecule has 23 heteroatoms. The Bertz CT molecular complexity index is 2410. The van der Waals surface area contributed by atoms with Crippen LogP contribution in [-0.4, -0.2) is 191 Å². The van der Waals surface area contributed by atoms with Gasteiger partial charge in [0, 0.05) is 33.6 Å². The third-order valence-electron chi connectivity index (χ3n) is 15.4. The average molecular weight is 1160 g/mol. The van der Waals surface area contributed by atoms with Crippen molar-refractivity contribution in [2.75, 3.05) is 34.3 Å². The molecule has 4 rings (SSSR count). The maximum atomic E-state index is 15.1. The Labute approximate surface area is 484 Å². The molecule has 5 N–H and O–H groups in total. The highest BCUT2D eigenvalue weighted by Gasteiger charge is 2.46. The molecule has 3 heterocycles.